The summed E-state index contributed by atoms with van der Waals surface area (Å²) in [6.45, 7) is 0.668. The van der Waals surface area contributed by atoms with E-state index in [1.807, 2.05) is 42.6 Å². The summed E-state index contributed by atoms with van der Waals surface area (Å²) in [4.78, 5) is 4.84. The number of ether oxygens (including phenoxy) is 1. The minimum absolute atomic E-state index is 0.407. The number of hydrogen-bond acceptors (Lipinski definition) is 3. The summed E-state index contributed by atoms with van der Waals surface area (Å²) in [5.41, 5.74) is 8.60. The molecule has 2 N–H and O–H groups in total. The minimum atomic E-state index is 0.407. The lowest BCUT2D eigenvalue weighted by Gasteiger charge is -2.07. The van der Waals surface area contributed by atoms with Crippen LogP contribution in [0.2, 0.25) is 0 Å². The molecule has 0 spiro atoms. The first kappa shape index (κ1) is 13.6. The third-order valence-electron chi connectivity index (χ3n) is 3.38. The number of methoxy groups -OCH3 is 1. The van der Waals surface area contributed by atoms with Gasteiger partial charge in [0.05, 0.1) is 19.3 Å². The molecular formula is C16H15N3OS. The maximum absolute atomic E-state index is 5.71. The molecule has 0 aliphatic heterocycles. The first-order chi connectivity index (χ1) is 10.2. The Labute approximate surface area is 128 Å². The molecule has 106 valence electrons. The summed E-state index contributed by atoms with van der Waals surface area (Å²) in [5.74, 6) is 0.618. The van der Waals surface area contributed by atoms with Crippen LogP contribution in [0.15, 0.2) is 48.7 Å². The van der Waals surface area contributed by atoms with E-state index in [2.05, 4.69) is 15.6 Å². The van der Waals surface area contributed by atoms with Gasteiger partial charge in [0, 0.05) is 23.3 Å². The fourth-order valence-electron chi connectivity index (χ4n) is 2.31. The molecule has 0 unspecified atom stereocenters. The number of aromatic nitrogens is 2. The SMILES string of the molecule is COc1cccc(Cn2ccc3ccc(C(N)=S)cc32)n1. The van der Waals surface area contributed by atoms with Crippen molar-refractivity contribution in [1.29, 1.82) is 0 Å². The Bertz CT molecular complexity index is 810. The van der Waals surface area contributed by atoms with Crippen molar-refractivity contribution in [3.8, 4) is 5.88 Å². The van der Waals surface area contributed by atoms with Crippen LogP contribution in [-0.2, 0) is 6.54 Å². The third-order valence-corrected chi connectivity index (χ3v) is 3.62. The highest BCUT2D eigenvalue weighted by atomic mass is 32.1. The molecule has 0 bridgehead atoms. The molecule has 3 rings (SSSR count). The van der Waals surface area contributed by atoms with Gasteiger partial charge in [-0.25, -0.2) is 4.98 Å². The summed E-state index contributed by atoms with van der Waals surface area (Å²) >= 11 is 5.04. The third kappa shape index (κ3) is 2.73. The van der Waals surface area contributed by atoms with Crippen LogP contribution in [0.1, 0.15) is 11.3 Å². The zero-order valence-corrected chi connectivity index (χ0v) is 12.4. The number of nitrogens with two attached hydrogens (primary N) is 1. The van der Waals surface area contributed by atoms with E-state index in [1.165, 1.54) is 0 Å². The lowest BCUT2D eigenvalue weighted by atomic mass is 10.1. The molecule has 0 saturated carbocycles. The molecular weight excluding hydrogens is 282 g/mol. The molecule has 21 heavy (non-hydrogen) atoms. The van der Waals surface area contributed by atoms with Gasteiger partial charge in [0.25, 0.3) is 0 Å². The van der Waals surface area contributed by atoms with Crippen molar-refractivity contribution in [3.05, 3.63) is 59.9 Å². The molecule has 0 aliphatic rings. The Kier molecular flexibility index (Phi) is 3.58. The predicted octanol–water partition coefficient (Wildman–Crippen LogP) is 2.73. The Morgan fingerprint density at radius 1 is 1.29 bits per heavy atom. The van der Waals surface area contributed by atoms with E-state index >= 15 is 0 Å². The van der Waals surface area contributed by atoms with E-state index in [9.17, 15) is 0 Å². The summed E-state index contributed by atoms with van der Waals surface area (Å²) < 4.78 is 7.28. The summed E-state index contributed by atoms with van der Waals surface area (Å²) in [5, 5.41) is 1.15. The van der Waals surface area contributed by atoms with E-state index < -0.39 is 0 Å². The van der Waals surface area contributed by atoms with Crippen LogP contribution >= 0.6 is 12.2 Å². The maximum Gasteiger partial charge on any atom is 0.213 e. The largest absolute Gasteiger partial charge is 0.481 e. The van der Waals surface area contributed by atoms with E-state index in [0.29, 0.717) is 17.4 Å². The number of thiocarbonyl (C=S) groups is 1. The molecule has 2 aromatic heterocycles. The molecule has 0 atom stereocenters. The van der Waals surface area contributed by atoms with Gasteiger partial charge in [-0.1, -0.05) is 30.4 Å². The average molecular weight is 297 g/mol. The van der Waals surface area contributed by atoms with E-state index in [4.69, 9.17) is 22.7 Å². The van der Waals surface area contributed by atoms with E-state index in [1.54, 1.807) is 7.11 Å². The van der Waals surface area contributed by atoms with E-state index in [-0.39, 0.29) is 0 Å². The molecule has 1 aromatic carbocycles. The van der Waals surface area contributed by atoms with Crippen molar-refractivity contribution in [1.82, 2.24) is 9.55 Å². The zero-order chi connectivity index (χ0) is 14.8. The van der Waals surface area contributed by atoms with Crippen LogP contribution in [-0.4, -0.2) is 21.6 Å². The van der Waals surface area contributed by atoms with Crippen molar-refractivity contribution < 1.29 is 4.74 Å². The Hall–Kier alpha value is -2.40. The molecule has 0 amide bonds. The monoisotopic (exact) mass is 297 g/mol. The van der Waals surface area contributed by atoms with Crippen molar-refractivity contribution in [3.63, 3.8) is 0 Å². The van der Waals surface area contributed by atoms with Gasteiger partial charge in [0.2, 0.25) is 5.88 Å². The lowest BCUT2D eigenvalue weighted by molar-refractivity contribution is 0.396. The number of rotatable bonds is 4. The molecule has 2 heterocycles. The lowest BCUT2D eigenvalue weighted by Crippen LogP contribution is -2.09. The number of fused-ring (bicyclic) bond motifs is 1. The summed E-state index contributed by atoms with van der Waals surface area (Å²) in [6, 6.07) is 13.8. The minimum Gasteiger partial charge on any atom is -0.481 e. The topological polar surface area (TPSA) is 53.1 Å². The molecule has 0 saturated heterocycles. The fourth-order valence-corrected chi connectivity index (χ4v) is 2.44. The smallest absolute Gasteiger partial charge is 0.213 e. The van der Waals surface area contributed by atoms with Gasteiger partial charge in [-0.05, 0) is 23.6 Å². The number of pyridine rings is 1. The number of benzene rings is 1. The van der Waals surface area contributed by atoms with Gasteiger partial charge >= 0.3 is 0 Å². The molecule has 4 nitrogen and oxygen atoms in total. The van der Waals surface area contributed by atoms with E-state index in [0.717, 1.165) is 22.2 Å². The van der Waals surface area contributed by atoms with Crippen molar-refractivity contribution >= 4 is 28.1 Å². The maximum atomic E-state index is 5.71. The van der Waals surface area contributed by atoms with Crippen LogP contribution in [0.3, 0.4) is 0 Å². The van der Waals surface area contributed by atoms with Crippen molar-refractivity contribution in [2.45, 2.75) is 6.54 Å². The molecule has 3 aromatic rings. The van der Waals surface area contributed by atoms with Gasteiger partial charge in [-0.2, -0.15) is 0 Å². The highest BCUT2D eigenvalue weighted by Gasteiger charge is 2.06. The second kappa shape index (κ2) is 5.54. The zero-order valence-electron chi connectivity index (χ0n) is 11.6. The van der Waals surface area contributed by atoms with Gasteiger partial charge in [-0.3, -0.25) is 0 Å². The predicted molar refractivity (Wildman–Crippen MR) is 87.7 cm³/mol. The number of nitrogens with zero attached hydrogens (tertiary/aromatic N) is 2. The first-order valence-electron chi connectivity index (χ1n) is 6.56. The Morgan fingerprint density at radius 2 is 2.14 bits per heavy atom. The molecule has 0 fully saturated rings. The van der Waals surface area contributed by atoms with Gasteiger partial charge in [-0.15, -0.1) is 0 Å². The molecule has 0 aliphatic carbocycles. The highest BCUT2D eigenvalue weighted by molar-refractivity contribution is 7.80. The van der Waals surface area contributed by atoms with Crippen molar-refractivity contribution in [2.75, 3.05) is 7.11 Å². The highest BCUT2D eigenvalue weighted by Crippen LogP contribution is 2.19. The molecule has 5 heteroatoms. The fraction of sp³-hybridized carbons (Fsp3) is 0.125. The second-order valence-electron chi connectivity index (χ2n) is 4.75. The second-order valence-corrected chi connectivity index (χ2v) is 5.19. The first-order valence-corrected chi connectivity index (χ1v) is 6.97. The van der Waals surface area contributed by atoms with Crippen LogP contribution in [0, 0.1) is 0 Å². The standard InChI is InChI=1S/C16H15N3OS/c1-20-15-4-2-3-13(18-15)10-19-8-7-11-5-6-12(16(17)21)9-14(11)19/h2-9H,10H2,1H3,(H2,17,21). The van der Waals surface area contributed by atoms with Crippen LogP contribution < -0.4 is 10.5 Å². The van der Waals surface area contributed by atoms with Crippen LogP contribution in [0.5, 0.6) is 5.88 Å². The van der Waals surface area contributed by atoms with Gasteiger partial charge < -0.3 is 15.0 Å². The normalized spacial score (nSPS) is 10.7. The molecule has 0 radical (unpaired) electrons. The number of hydrogen-bond donors (Lipinski definition) is 1. The average Bonchev–Trinajstić information content (AvgIpc) is 2.90. The quantitative estimate of drug-likeness (QED) is 0.752. The Balaban J connectivity index is 1.99. The van der Waals surface area contributed by atoms with Crippen LogP contribution in [0.25, 0.3) is 10.9 Å². The summed E-state index contributed by atoms with van der Waals surface area (Å²) in [6.07, 6.45) is 2.04. The van der Waals surface area contributed by atoms with Gasteiger partial charge in [0.1, 0.15) is 4.99 Å². The van der Waals surface area contributed by atoms with Crippen molar-refractivity contribution in [2.24, 2.45) is 5.73 Å². The Morgan fingerprint density at radius 3 is 2.90 bits per heavy atom. The van der Waals surface area contributed by atoms with Crippen LogP contribution in [0.4, 0.5) is 0 Å². The summed E-state index contributed by atoms with van der Waals surface area (Å²) in [7, 11) is 1.62. The van der Waals surface area contributed by atoms with Gasteiger partial charge in [0.15, 0.2) is 0 Å².